The summed E-state index contributed by atoms with van der Waals surface area (Å²) in [5, 5.41) is 46.1. The summed E-state index contributed by atoms with van der Waals surface area (Å²) in [5.41, 5.74) is -1.49. The quantitative estimate of drug-likeness (QED) is 0.190. The fourth-order valence-electron chi connectivity index (χ4n) is 11.2. The van der Waals surface area contributed by atoms with Crippen LogP contribution in [0.4, 0.5) is 0 Å². The van der Waals surface area contributed by atoms with Crippen molar-refractivity contribution < 1.29 is 67.9 Å². The first kappa shape index (κ1) is 47.9. The first-order valence-electron chi connectivity index (χ1n) is 23.2. The van der Waals surface area contributed by atoms with Gasteiger partial charge in [-0.1, -0.05) is 64.5 Å². The minimum Gasteiger partial charge on any atom is -0.462 e. The van der Waals surface area contributed by atoms with Gasteiger partial charge in [-0.15, -0.1) is 0 Å². The van der Waals surface area contributed by atoms with E-state index in [-0.39, 0.29) is 31.2 Å². The molecule has 1 aliphatic carbocycles. The average molecular weight is 875 g/mol. The van der Waals surface area contributed by atoms with E-state index < -0.39 is 96.4 Å². The van der Waals surface area contributed by atoms with Crippen molar-refractivity contribution in [3.8, 4) is 0 Å². The summed E-state index contributed by atoms with van der Waals surface area (Å²) in [6.45, 7) is 17.7. The highest BCUT2D eigenvalue weighted by atomic mass is 16.7. The Morgan fingerprint density at radius 1 is 0.952 bits per heavy atom. The Hall–Kier alpha value is -2.05. The highest BCUT2D eigenvalue weighted by molar-refractivity contribution is 5.79. The molecule has 5 saturated heterocycles. The smallest absolute Gasteiger partial charge is 0.316 e. The van der Waals surface area contributed by atoms with Crippen molar-refractivity contribution in [1.29, 1.82) is 0 Å². The predicted molar refractivity (Wildman–Crippen MR) is 227 cm³/mol. The third-order valence-corrected chi connectivity index (χ3v) is 15.2. The van der Waals surface area contributed by atoms with Gasteiger partial charge in [0.25, 0.3) is 0 Å². The Bertz CT molecular complexity index is 1700. The molecule has 5 fully saturated rings. The molecule has 2 bridgehead atoms. The van der Waals surface area contributed by atoms with Crippen molar-refractivity contribution in [2.75, 3.05) is 13.7 Å². The van der Waals surface area contributed by atoms with Crippen LogP contribution in [0.15, 0.2) is 47.1 Å². The molecule has 6 heterocycles. The molecule has 0 aromatic heterocycles. The SMILES string of the molecule is CC[C@H](C)[C@H]1O[C@]2(CC[C@@H]1C)C[C@@H]1C[C@H](C/C=C(\C)[C@@H](O[C@H]3C[C@H](O)[C@H](O[C@H]4C[C@H](OC)[C@@H](O)[C@H](C)O4)[C@@H](C)O3)[C@@H](C)/C=C/C=C3\CO[C@]4(C)[C@H](O)C(C)=C[C@@H](C(=O)O1)[C@]34O)O2. The topological polar surface area (TPSA) is 181 Å². The number of carbonyl (C=O) groups is 1. The van der Waals surface area contributed by atoms with Crippen molar-refractivity contribution in [3.05, 3.63) is 47.1 Å². The number of carbonyl (C=O) groups excluding carboxylic acids is 1. The van der Waals surface area contributed by atoms with Crippen LogP contribution in [0.25, 0.3) is 0 Å². The molecule has 14 heteroatoms. The molecular weight excluding hydrogens is 801 g/mol. The second kappa shape index (κ2) is 19.0. The molecule has 7 rings (SSSR count). The second-order valence-electron chi connectivity index (χ2n) is 19.7. The summed E-state index contributed by atoms with van der Waals surface area (Å²) in [6, 6.07) is 0. The van der Waals surface area contributed by atoms with Gasteiger partial charge in [-0.2, -0.15) is 0 Å². The maximum absolute atomic E-state index is 14.5. The van der Waals surface area contributed by atoms with E-state index in [0.29, 0.717) is 55.1 Å². The summed E-state index contributed by atoms with van der Waals surface area (Å²) >= 11 is 0. The molecule has 14 nitrogen and oxygen atoms in total. The van der Waals surface area contributed by atoms with Gasteiger partial charge in [-0.05, 0) is 76.0 Å². The van der Waals surface area contributed by atoms with Gasteiger partial charge in [0.15, 0.2) is 18.4 Å². The zero-order valence-corrected chi connectivity index (χ0v) is 38.4. The van der Waals surface area contributed by atoms with Gasteiger partial charge in [0.1, 0.15) is 41.5 Å². The molecule has 0 saturated carbocycles. The highest BCUT2D eigenvalue weighted by Crippen LogP contribution is 2.53. The van der Waals surface area contributed by atoms with Crippen molar-refractivity contribution in [2.45, 2.75) is 210 Å². The van der Waals surface area contributed by atoms with Crippen molar-refractivity contribution in [2.24, 2.45) is 23.7 Å². The van der Waals surface area contributed by atoms with E-state index >= 15 is 0 Å². The second-order valence-corrected chi connectivity index (χ2v) is 19.7. The molecule has 0 unspecified atom stereocenters. The number of ether oxygens (including phenoxy) is 9. The van der Waals surface area contributed by atoms with E-state index in [9.17, 15) is 25.2 Å². The zero-order valence-electron chi connectivity index (χ0n) is 38.4. The number of hydrogen-bond donors (Lipinski definition) is 4. The minimum absolute atomic E-state index is 0.00443. The molecule has 6 aliphatic heterocycles. The molecular formula is C48H74O14. The summed E-state index contributed by atoms with van der Waals surface area (Å²) in [6.07, 6.45) is 5.57. The minimum atomic E-state index is -1.90. The molecule has 1 spiro atoms. The lowest BCUT2D eigenvalue weighted by Gasteiger charge is -2.51. The molecule has 350 valence electrons. The van der Waals surface area contributed by atoms with Gasteiger partial charge in [0.05, 0.1) is 49.3 Å². The fourth-order valence-corrected chi connectivity index (χ4v) is 11.2. The summed E-state index contributed by atoms with van der Waals surface area (Å²) in [4.78, 5) is 14.5. The molecule has 62 heavy (non-hydrogen) atoms. The number of aliphatic hydroxyl groups excluding tert-OH is 3. The lowest BCUT2D eigenvalue weighted by atomic mass is 9.64. The van der Waals surface area contributed by atoms with Crippen LogP contribution in [0.5, 0.6) is 0 Å². The van der Waals surface area contributed by atoms with Crippen LogP contribution in [-0.2, 0) is 47.4 Å². The number of methoxy groups -OCH3 is 1. The monoisotopic (exact) mass is 875 g/mol. The zero-order chi connectivity index (χ0) is 44.9. The van der Waals surface area contributed by atoms with Crippen LogP contribution in [0.3, 0.4) is 0 Å². The highest BCUT2D eigenvalue weighted by Gasteiger charge is 2.67. The third-order valence-electron chi connectivity index (χ3n) is 15.2. The normalized spacial score (nSPS) is 50.6. The number of fused-ring (bicyclic) bond motifs is 2. The Kier molecular flexibility index (Phi) is 14.7. The first-order chi connectivity index (χ1) is 29.3. The van der Waals surface area contributed by atoms with Crippen molar-refractivity contribution in [3.63, 3.8) is 0 Å². The van der Waals surface area contributed by atoms with Crippen molar-refractivity contribution in [1.82, 2.24) is 0 Å². The fraction of sp³-hybridized carbons (Fsp3) is 0.812. The predicted octanol–water partition coefficient (Wildman–Crippen LogP) is 5.34. The Morgan fingerprint density at radius 3 is 2.39 bits per heavy atom. The van der Waals surface area contributed by atoms with E-state index in [2.05, 4.69) is 26.8 Å². The molecule has 4 N–H and O–H groups in total. The lowest BCUT2D eigenvalue weighted by Crippen LogP contribution is -2.65. The first-order valence-corrected chi connectivity index (χ1v) is 23.2. The van der Waals surface area contributed by atoms with E-state index in [0.717, 1.165) is 18.4 Å². The Labute approximate surface area is 367 Å². The van der Waals surface area contributed by atoms with Gasteiger partial charge in [0.2, 0.25) is 0 Å². The number of aliphatic hydroxyl groups is 4. The van der Waals surface area contributed by atoms with Gasteiger partial charge >= 0.3 is 5.97 Å². The summed E-state index contributed by atoms with van der Waals surface area (Å²) < 4.78 is 57.5. The van der Waals surface area contributed by atoms with Crippen LogP contribution in [0, 0.1) is 23.7 Å². The average Bonchev–Trinajstić information content (AvgIpc) is 3.50. The lowest BCUT2D eigenvalue weighted by molar-refractivity contribution is -0.340. The van der Waals surface area contributed by atoms with E-state index in [4.69, 9.17) is 42.6 Å². The summed E-state index contributed by atoms with van der Waals surface area (Å²) in [5.74, 6) is -2.26. The van der Waals surface area contributed by atoms with Gasteiger partial charge in [0, 0.05) is 45.1 Å². The Morgan fingerprint density at radius 2 is 1.68 bits per heavy atom. The number of esters is 1. The molecule has 0 radical (unpaired) electrons. The van der Waals surface area contributed by atoms with Crippen LogP contribution in [0.2, 0.25) is 0 Å². The Balaban J connectivity index is 1.18. The molecule has 20 atom stereocenters. The largest absolute Gasteiger partial charge is 0.462 e. The maximum atomic E-state index is 14.5. The van der Waals surface area contributed by atoms with Crippen LogP contribution >= 0.6 is 0 Å². The summed E-state index contributed by atoms with van der Waals surface area (Å²) in [7, 11) is 1.54. The number of allylic oxidation sites excluding steroid dienone is 2. The van der Waals surface area contributed by atoms with Crippen LogP contribution in [-0.4, -0.2) is 137 Å². The maximum Gasteiger partial charge on any atom is 0.316 e. The third kappa shape index (κ3) is 9.20. The number of rotatable bonds is 7. The number of hydrogen-bond acceptors (Lipinski definition) is 14. The van der Waals surface area contributed by atoms with Crippen molar-refractivity contribution >= 4 is 5.97 Å². The van der Waals surface area contributed by atoms with Crippen LogP contribution < -0.4 is 0 Å². The molecule has 7 aliphatic rings. The molecule has 0 amide bonds. The molecule has 0 aromatic rings. The van der Waals surface area contributed by atoms with E-state index in [1.807, 2.05) is 32.9 Å². The standard InChI is InChI=1S/C48H74O14/c1-11-25(2)42-28(5)17-18-47(62-42)23-34-20-33(61-47)16-15-27(4)41(59-38-21-36(49)43(31(8)57-38)60-39-22-37(54-10)40(50)30(7)56-39)26(3)13-12-14-32-24-55-46(9)44(51)29(6)19-35(45(52)58-34)48(32,46)53/h12-15,19,25-26,28,30-31,33-44,49-51,53H,11,16-18,20-24H2,1-10H3/b13-12+,27-15+,32-14+/t25-,26-,28-,30-,31+,33-,34-,35-,36-,37-,38-,39-,40-,41-,42+,43+,44+,46+,47+,48+/m0/s1. The van der Waals surface area contributed by atoms with Gasteiger partial charge in [-0.25, -0.2) is 0 Å². The van der Waals surface area contributed by atoms with E-state index in [1.54, 1.807) is 40.0 Å². The van der Waals surface area contributed by atoms with Crippen LogP contribution in [0.1, 0.15) is 114 Å². The van der Waals surface area contributed by atoms with Gasteiger partial charge < -0.3 is 63.1 Å². The van der Waals surface area contributed by atoms with Gasteiger partial charge in [-0.3, -0.25) is 4.79 Å². The van der Waals surface area contributed by atoms with E-state index in [1.165, 1.54) is 0 Å². The molecule has 0 aromatic carbocycles.